The lowest BCUT2D eigenvalue weighted by molar-refractivity contribution is 0.427. The first-order valence-corrected chi connectivity index (χ1v) is 5.43. The Kier molecular flexibility index (Phi) is 2.89. The highest BCUT2D eigenvalue weighted by Gasteiger charge is 2.20. The number of halogens is 2. The summed E-state index contributed by atoms with van der Waals surface area (Å²) < 4.78 is 26.8. The maximum absolute atomic E-state index is 13.6. The van der Waals surface area contributed by atoms with Gasteiger partial charge in [0.2, 0.25) is 0 Å². The van der Waals surface area contributed by atoms with Gasteiger partial charge in [-0.25, -0.2) is 8.78 Å². The molecule has 1 aromatic carbocycles. The Morgan fingerprint density at radius 2 is 1.67 bits per heavy atom. The van der Waals surface area contributed by atoms with E-state index in [4.69, 9.17) is 5.73 Å². The van der Waals surface area contributed by atoms with Crippen LogP contribution < -0.4 is 5.73 Å². The van der Waals surface area contributed by atoms with Crippen LogP contribution in [0.15, 0.2) is 12.1 Å². The van der Waals surface area contributed by atoms with Crippen molar-refractivity contribution in [3.8, 4) is 0 Å². The van der Waals surface area contributed by atoms with Crippen molar-refractivity contribution < 1.29 is 8.78 Å². The van der Waals surface area contributed by atoms with Crippen LogP contribution in [-0.4, -0.2) is 0 Å². The topological polar surface area (TPSA) is 26.0 Å². The minimum Gasteiger partial charge on any atom is -0.396 e. The quantitative estimate of drug-likeness (QED) is 0.706. The maximum atomic E-state index is 13.6. The molecule has 1 saturated carbocycles. The lowest BCUT2D eigenvalue weighted by Gasteiger charge is -2.22. The van der Waals surface area contributed by atoms with Crippen LogP contribution in [0.5, 0.6) is 0 Å². The summed E-state index contributed by atoms with van der Waals surface area (Å²) in [6.45, 7) is 0. The normalized spacial score (nSPS) is 18.0. The van der Waals surface area contributed by atoms with Gasteiger partial charge in [-0.3, -0.25) is 0 Å². The van der Waals surface area contributed by atoms with Crippen LogP contribution in [0.2, 0.25) is 0 Å². The fourth-order valence-electron chi connectivity index (χ4n) is 2.30. The molecule has 0 aromatic heterocycles. The van der Waals surface area contributed by atoms with E-state index in [9.17, 15) is 8.78 Å². The van der Waals surface area contributed by atoms with Gasteiger partial charge in [0.1, 0.15) is 11.6 Å². The molecule has 0 unspecified atom stereocenters. The van der Waals surface area contributed by atoms with Crippen LogP contribution in [0, 0.1) is 11.6 Å². The Balaban J connectivity index is 2.30. The highest BCUT2D eigenvalue weighted by Crippen LogP contribution is 2.35. The smallest absolute Gasteiger partial charge is 0.146 e. The van der Waals surface area contributed by atoms with Gasteiger partial charge in [0.15, 0.2) is 0 Å². The number of rotatable bonds is 1. The van der Waals surface area contributed by atoms with E-state index in [1.807, 2.05) is 0 Å². The van der Waals surface area contributed by atoms with Crippen molar-refractivity contribution in [2.45, 2.75) is 38.0 Å². The molecule has 0 saturated heterocycles. The molecule has 1 aromatic rings. The summed E-state index contributed by atoms with van der Waals surface area (Å²) in [6, 6.07) is 2.36. The van der Waals surface area contributed by atoms with Crippen LogP contribution in [0.4, 0.5) is 14.5 Å². The second-order valence-corrected chi connectivity index (χ2v) is 4.23. The molecule has 0 aliphatic heterocycles. The molecule has 82 valence electrons. The van der Waals surface area contributed by atoms with Crippen LogP contribution in [0.25, 0.3) is 0 Å². The zero-order valence-corrected chi connectivity index (χ0v) is 8.60. The summed E-state index contributed by atoms with van der Waals surface area (Å²) in [6.07, 6.45) is 5.34. The van der Waals surface area contributed by atoms with E-state index in [1.165, 1.54) is 12.5 Å². The Labute approximate surface area is 88.3 Å². The molecule has 1 fully saturated rings. The van der Waals surface area contributed by atoms with E-state index in [-0.39, 0.29) is 17.4 Å². The SMILES string of the molecule is Nc1cc(F)c(C2CCCCC2)cc1F. The molecule has 1 aliphatic carbocycles. The molecule has 0 atom stereocenters. The third-order valence-electron chi connectivity index (χ3n) is 3.16. The molecule has 1 aliphatic rings. The van der Waals surface area contributed by atoms with Gasteiger partial charge in [-0.2, -0.15) is 0 Å². The fourth-order valence-corrected chi connectivity index (χ4v) is 2.30. The maximum Gasteiger partial charge on any atom is 0.146 e. The predicted molar refractivity (Wildman–Crippen MR) is 56.6 cm³/mol. The van der Waals surface area contributed by atoms with Gasteiger partial charge in [-0.15, -0.1) is 0 Å². The van der Waals surface area contributed by atoms with Crippen molar-refractivity contribution in [2.24, 2.45) is 0 Å². The summed E-state index contributed by atoms with van der Waals surface area (Å²) >= 11 is 0. The van der Waals surface area contributed by atoms with Crippen LogP contribution >= 0.6 is 0 Å². The second kappa shape index (κ2) is 4.17. The van der Waals surface area contributed by atoms with E-state index in [2.05, 4.69) is 0 Å². The van der Waals surface area contributed by atoms with Crippen LogP contribution in [-0.2, 0) is 0 Å². The predicted octanol–water partition coefficient (Wildman–Crippen LogP) is 3.59. The van der Waals surface area contributed by atoms with E-state index in [0.29, 0.717) is 5.56 Å². The number of hydrogen-bond acceptors (Lipinski definition) is 1. The van der Waals surface area contributed by atoms with Crippen molar-refractivity contribution in [2.75, 3.05) is 5.73 Å². The summed E-state index contributed by atoms with van der Waals surface area (Å²) in [5.74, 6) is -0.688. The molecule has 1 nitrogen and oxygen atoms in total. The minimum absolute atomic E-state index is 0.105. The molecule has 0 spiro atoms. The Morgan fingerprint density at radius 1 is 1.00 bits per heavy atom. The van der Waals surface area contributed by atoms with Gasteiger partial charge in [0.05, 0.1) is 5.69 Å². The van der Waals surface area contributed by atoms with Crippen molar-refractivity contribution in [1.29, 1.82) is 0 Å². The molecule has 15 heavy (non-hydrogen) atoms. The van der Waals surface area contributed by atoms with Gasteiger partial charge in [-0.05, 0) is 30.4 Å². The average Bonchev–Trinajstić information content (AvgIpc) is 2.25. The Morgan fingerprint density at radius 3 is 2.33 bits per heavy atom. The number of nitrogen functional groups attached to an aromatic ring is 1. The Bertz CT molecular complexity index is 357. The third kappa shape index (κ3) is 2.11. The van der Waals surface area contributed by atoms with E-state index < -0.39 is 5.82 Å². The van der Waals surface area contributed by atoms with E-state index in [0.717, 1.165) is 31.7 Å². The van der Waals surface area contributed by atoms with Crippen molar-refractivity contribution >= 4 is 5.69 Å². The number of benzene rings is 1. The lowest BCUT2D eigenvalue weighted by Crippen LogP contribution is -2.08. The molecule has 3 heteroatoms. The summed E-state index contributed by atoms with van der Waals surface area (Å²) in [5, 5.41) is 0. The van der Waals surface area contributed by atoms with Gasteiger partial charge < -0.3 is 5.73 Å². The molecule has 2 rings (SSSR count). The average molecular weight is 211 g/mol. The first kappa shape index (κ1) is 10.4. The summed E-state index contributed by atoms with van der Waals surface area (Å²) in [4.78, 5) is 0. The first-order valence-electron chi connectivity index (χ1n) is 5.43. The minimum atomic E-state index is -0.503. The molecular weight excluding hydrogens is 196 g/mol. The van der Waals surface area contributed by atoms with Gasteiger partial charge in [0.25, 0.3) is 0 Å². The van der Waals surface area contributed by atoms with Crippen LogP contribution in [0.1, 0.15) is 43.6 Å². The number of nitrogens with two attached hydrogens (primary N) is 1. The number of hydrogen-bond donors (Lipinski definition) is 1. The standard InChI is InChI=1S/C12H15F2N/c13-10-7-12(15)11(14)6-9(10)8-4-2-1-3-5-8/h6-8H,1-5,15H2. The van der Waals surface area contributed by atoms with Crippen LogP contribution in [0.3, 0.4) is 0 Å². The van der Waals surface area contributed by atoms with Crippen molar-refractivity contribution in [3.05, 3.63) is 29.3 Å². The second-order valence-electron chi connectivity index (χ2n) is 4.23. The van der Waals surface area contributed by atoms with E-state index >= 15 is 0 Å². The molecule has 0 radical (unpaired) electrons. The molecule has 0 amide bonds. The zero-order valence-electron chi connectivity index (χ0n) is 8.60. The molecule has 0 bridgehead atoms. The van der Waals surface area contributed by atoms with Crippen molar-refractivity contribution in [1.82, 2.24) is 0 Å². The lowest BCUT2D eigenvalue weighted by atomic mass is 9.84. The third-order valence-corrected chi connectivity index (χ3v) is 3.16. The van der Waals surface area contributed by atoms with Gasteiger partial charge >= 0.3 is 0 Å². The largest absolute Gasteiger partial charge is 0.396 e. The van der Waals surface area contributed by atoms with Crippen molar-refractivity contribution in [3.63, 3.8) is 0 Å². The zero-order chi connectivity index (χ0) is 10.8. The molecule has 0 heterocycles. The summed E-state index contributed by atoms with van der Waals surface area (Å²) in [7, 11) is 0. The molecule has 2 N–H and O–H groups in total. The fraction of sp³-hybridized carbons (Fsp3) is 0.500. The first-order chi connectivity index (χ1) is 7.18. The summed E-state index contributed by atoms with van der Waals surface area (Å²) in [5.41, 5.74) is 5.70. The highest BCUT2D eigenvalue weighted by molar-refractivity contribution is 5.43. The van der Waals surface area contributed by atoms with E-state index in [1.54, 1.807) is 0 Å². The van der Waals surface area contributed by atoms with Gasteiger partial charge in [0, 0.05) is 6.07 Å². The number of anilines is 1. The highest BCUT2D eigenvalue weighted by atomic mass is 19.1. The monoisotopic (exact) mass is 211 g/mol. The Hall–Kier alpha value is -1.12. The molecular formula is C12H15F2N. The van der Waals surface area contributed by atoms with Gasteiger partial charge in [-0.1, -0.05) is 19.3 Å².